The second-order valence-corrected chi connectivity index (χ2v) is 6.30. The fourth-order valence-electron chi connectivity index (χ4n) is 2.72. The molecule has 2 heterocycles. The Morgan fingerprint density at radius 1 is 1.00 bits per heavy atom. The van der Waals surface area contributed by atoms with Crippen LogP contribution in [0.1, 0.15) is 21.7 Å². The van der Waals surface area contributed by atoms with E-state index in [0.717, 1.165) is 12.1 Å². The SMILES string of the molecule is O=C1/C(=C/c2ccc(-c3cccc(C(F)(F)F)c3)o2)Oc2ccc(Cl)cc21. The third-order valence-electron chi connectivity index (χ3n) is 4.00. The minimum absolute atomic E-state index is 0.0530. The second-order valence-electron chi connectivity index (χ2n) is 5.86. The standard InChI is InChI=1S/C20H10ClF3O3/c21-13-4-6-17-15(9-13)19(25)18(27-17)10-14-5-7-16(26-14)11-2-1-3-12(8-11)20(22,23)24/h1-10H/b18-10-. The van der Waals surface area contributed by atoms with Crippen molar-refractivity contribution in [2.45, 2.75) is 6.18 Å². The highest BCUT2D eigenvalue weighted by Crippen LogP contribution is 2.35. The normalized spacial score (nSPS) is 15.1. The second kappa shape index (κ2) is 6.32. The van der Waals surface area contributed by atoms with Crippen molar-refractivity contribution < 1.29 is 27.1 Å². The molecule has 2 aromatic carbocycles. The number of hydrogen-bond acceptors (Lipinski definition) is 3. The lowest BCUT2D eigenvalue weighted by molar-refractivity contribution is -0.137. The van der Waals surface area contributed by atoms with Gasteiger partial charge in [-0.1, -0.05) is 23.7 Å². The van der Waals surface area contributed by atoms with Crippen molar-refractivity contribution in [2.24, 2.45) is 0 Å². The van der Waals surface area contributed by atoms with E-state index in [0.29, 0.717) is 16.3 Å². The summed E-state index contributed by atoms with van der Waals surface area (Å²) >= 11 is 5.89. The zero-order chi connectivity index (χ0) is 19.2. The predicted octanol–water partition coefficient (Wildman–Crippen LogP) is 6.24. The Morgan fingerprint density at radius 3 is 2.59 bits per heavy atom. The van der Waals surface area contributed by atoms with Gasteiger partial charge in [0.1, 0.15) is 17.3 Å². The van der Waals surface area contributed by atoms with Crippen molar-refractivity contribution in [3.05, 3.63) is 82.3 Å². The quantitative estimate of drug-likeness (QED) is 0.486. The molecule has 0 bridgehead atoms. The van der Waals surface area contributed by atoms with E-state index in [1.54, 1.807) is 18.2 Å². The van der Waals surface area contributed by atoms with E-state index in [1.165, 1.54) is 30.3 Å². The van der Waals surface area contributed by atoms with Crippen LogP contribution in [0.3, 0.4) is 0 Å². The van der Waals surface area contributed by atoms with E-state index >= 15 is 0 Å². The average molecular weight is 391 g/mol. The Balaban J connectivity index is 1.63. The van der Waals surface area contributed by atoms with Crippen LogP contribution in [0.5, 0.6) is 5.75 Å². The molecule has 0 unspecified atom stereocenters. The van der Waals surface area contributed by atoms with E-state index in [-0.39, 0.29) is 28.6 Å². The third-order valence-corrected chi connectivity index (χ3v) is 4.24. The van der Waals surface area contributed by atoms with Crippen molar-refractivity contribution in [3.63, 3.8) is 0 Å². The first kappa shape index (κ1) is 17.4. The summed E-state index contributed by atoms with van der Waals surface area (Å²) in [5, 5.41) is 0.414. The number of furan rings is 1. The highest BCUT2D eigenvalue weighted by atomic mass is 35.5. The van der Waals surface area contributed by atoms with E-state index in [2.05, 4.69) is 0 Å². The monoisotopic (exact) mass is 390 g/mol. The summed E-state index contributed by atoms with van der Waals surface area (Å²) in [5.41, 5.74) is -0.139. The lowest BCUT2D eigenvalue weighted by Gasteiger charge is -2.07. The topological polar surface area (TPSA) is 39.4 Å². The largest absolute Gasteiger partial charge is 0.457 e. The Morgan fingerprint density at radius 2 is 1.81 bits per heavy atom. The van der Waals surface area contributed by atoms with Gasteiger partial charge in [-0.05, 0) is 42.5 Å². The van der Waals surface area contributed by atoms with Crippen molar-refractivity contribution in [3.8, 4) is 17.1 Å². The number of ether oxygens (including phenoxy) is 1. The van der Waals surface area contributed by atoms with Crippen LogP contribution < -0.4 is 4.74 Å². The summed E-state index contributed by atoms with van der Waals surface area (Å²) in [4.78, 5) is 12.4. The van der Waals surface area contributed by atoms with Crippen molar-refractivity contribution in [1.29, 1.82) is 0 Å². The van der Waals surface area contributed by atoms with Gasteiger partial charge in [0.25, 0.3) is 0 Å². The first-order valence-electron chi connectivity index (χ1n) is 7.82. The lowest BCUT2D eigenvalue weighted by atomic mass is 10.1. The number of allylic oxidation sites excluding steroid dienone is 1. The van der Waals surface area contributed by atoms with Crippen LogP contribution in [-0.2, 0) is 6.18 Å². The summed E-state index contributed by atoms with van der Waals surface area (Å²) in [5.74, 6) is 0.630. The molecule has 0 N–H and O–H groups in total. The minimum Gasteiger partial charge on any atom is -0.457 e. The van der Waals surface area contributed by atoms with Gasteiger partial charge in [-0.25, -0.2) is 0 Å². The molecule has 0 amide bonds. The molecule has 0 saturated carbocycles. The smallest absolute Gasteiger partial charge is 0.416 e. The van der Waals surface area contributed by atoms with Gasteiger partial charge >= 0.3 is 6.18 Å². The number of carbonyl (C=O) groups is 1. The molecular weight excluding hydrogens is 381 g/mol. The summed E-state index contributed by atoms with van der Waals surface area (Å²) in [6.45, 7) is 0. The Labute approximate surface area is 156 Å². The van der Waals surface area contributed by atoms with Crippen LogP contribution in [0.25, 0.3) is 17.4 Å². The maximum atomic E-state index is 12.9. The third kappa shape index (κ3) is 3.36. The molecule has 4 rings (SSSR count). The molecule has 1 aliphatic rings. The Hall–Kier alpha value is -2.99. The number of ketones is 1. The maximum absolute atomic E-state index is 12.9. The van der Waals surface area contributed by atoms with Crippen molar-refractivity contribution in [2.75, 3.05) is 0 Å². The molecule has 0 saturated heterocycles. The molecule has 0 spiro atoms. The Kier molecular flexibility index (Phi) is 4.08. The van der Waals surface area contributed by atoms with Crippen LogP contribution in [0, 0.1) is 0 Å². The molecule has 136 valence electrons. The fourth-order valence-corrected chi connectivity index (χ4v) is 2.90. The molecule has 3 nitrogen and oxygen atoms in total. The molecule has 1 aliphatic heterocycles. The van der Waals surface area contributed by atoms with Crippen molar-refractivity contribution in [1.82, 2.24) is 0 Å². The molecule has 1 aromatic heterocycles. The number of halogens is 4. The summed E-state index contributed by atoms with van der Waals surface area (Å²) in [6.07, 6.45) is -3.04. The number of carbonyl (C=O) groups excluding carboxylic acids is 1. The van der Waals surface area contributed by atoms with E-state index in [9.17, 15) is 18.0 Å². The van der Waals surface area contributed by atoms with Gasteiger partial charge in [-0.3, -0.25) is 4.79 Å². The van der Waals surface area contributed by atoms with E-state index in [1.807, 2.05) is 0 Å². The number of Topliss-reactive ketones (excluding diaryl/α,β-unsaturated/α-hetero) is 1. The number of benzene rings is 2. The number of rotatable bonds is 2. The minimum atomic E-state index is -4.44. The van der Waals surface area contributed by atoms with Crippen molar-refractivity contribution >= 4 is 23.5 Å². The van der Waals surface area contributed by atoms with Crippen LogP contribution in [0.2, 0.25) is 5.02 Å². The molecular formula is C20H10ClF3O3. The summed E-state index contributed by atoms with van der Waals surface area (Å²) in [7, 11) is 0. The number of alkyl halides is 3. The first-order chi connectivity index (χ1) is 12.8. The van der Waals surface area contributed by atoms with Gasteiger partial charge in [0.2, 0.25) is 5.78 Å². The summed E-state index contributed by atoms with van der Waals surface area (Å²) in [6, 6.07) is 12.6. The predicted molar refractivity (Wildman–Crippen MR) is 93.5 cm³/mol. The zero-order valence-electron chi connectivity index (χ0n) is 13.5. The van der Waals surface area contributed by atoms with Gasteiger partial charge in [0.05, 0.1) is 11.1 Å². The molecule has 0 fully saturated rings. The molecule has 3 aromatic rings. The van der Waals surface area contributed by atoms with Crippen LogP contribution in [-0.4, -0.2) is 5.78 Å². The average Bonchev–Trinajstić information content (AvgIpc) is 3.21. The lowest BCUT2D eigenvalue weighted by Crippen LogP contribution is -2.04. The zero-order valence-corrected chi connectivity index (χ0v) is 14.3. The summed E-state index contributed by atoms with van der Waals surface area (Å²) < 4.78 is 49.6. The van der Waals surface area contributed by atoms with E-state index < -0.39 is 11.7 Å². The molecule has 7 heteroatoms. The molecule has 0 aliphatic carbocycles. The van der Waals surface area contributed by atoms with Gasteiger partial charge < -0.3 is 9.15 Å². The number of hydrogen-bond donors (Lipinski definition) is 0. The Bertz CT molecular complexity index is 1080. The number of fused-ring (bicyclic) bond motifs is 1. The van der Waals surface area contributed by atoms with Gasteiger partial charge in [0, 0.05) is 16.7 Å². The molecule has 0 radical (unpaired) electrons. The fraction of sp³-hybridized carbons (Fsp3) is 0.0500. The van der Waals surface area contributed by atoms with E-state index in [4.69, 9.17) is 20.8 Å². The molecule has 27 heavy (non-hydrogen) atoms. The maximum Gasteiger partial charge on any atom is 0.416 e. The first-order valence-corrected chi connectivity index (χ1v) is 8.20. The van der Waals surface area contributed by atoms with Crippen LogP contribution in [0.15, 0.2) is 64.8 Å². The van der Waals surface area contributed by atoms with Crippen LogP contribution in [0.4, 0.5) is 13.2 Å². The highest BCUT2D eigenvalue weighted by Gasteiger charge is 2.31. The van der Waals surface area contributed by atoms with Gasteiger partial charge in [-0.2, -0.15) is 13.2 Å². The van der Waals surface area contributed by atoms with Gasteiger partial charge in [-0.15, -0.1) is 0 Å². The van der Waals surface area contributed by atoms with Gasteiger partial charge in [0.15, 0.2) is 5.76 Å². The molecule has 0 atom stereocenters. The highest BCUT2D eigenvalue weighted by molar-refractivity contribution is 6.31. The van der Waals surface area contributed by atoms with Crippen LogP contribution >= 0.6 is 11.6 Å².